The molecule has 0 heterocycles. The number of nitriles is 1. The standard InChI is InChI=1S/C16H10BrFN2O/c17-13-3-7-15(8-4-13)20-16(21)12(10-19)9-11-1-5-14(18)6-2-11/h1-9H,(H,20,21)/b12-9-. The number of hydrogen-bond acceptors (Lipinski definition) is 2. The van der Waals surface area contributed by atoms with Gasteiger partial charge in [-0.05, 0) is 48.0 Å². The van der Waals surface area contributed by atoms with Crippen molar-refractivity contribution in [1.82, 2.24) is 0 Å². The molecule has 0 atom stereocenters. The molecule has 2 aromatic rings. The van der Waals surface area contributed by atoms with Gasteiger partial charge in [0.2, 0.25) is 0 Å². The number of halogens is 2. The average Bonchev–Trinajstić information content (AvgIpc) is 2.49. The van der Waals surface area contributed by atoms with Gasteiger partial charge in [0.05, 0.1) is 0 Å². The third-order valence-corrected chi connectivity index (χ3v) is 3.18. The predicted molar refractivity (Wildman–Crippen MR) is 82.8 cm³/mol. The lowest BCUT2D eigenvalue weighted by Gasteiger charge is -2.04. The van der Waals surface area contributed by atoms with Crippen molar-refractivity contribution < 1.29 is 9.18 Å². The van der Waals surface area contributed by atoms with Crippen LogP contribution in [0.3, 0.4) is 0 Å². The molecule has 0 aliphatic heterocycles. The first-order valence-electron chi connectivity index (χ1n) is 6.03. The number of carbonyl (C=O) groups excluding carboxylic acids is 1. The van der Waals surface area contributed by atoms with E-state index in [4.69, 9.17) is 5.26 Å². The Morgan fingerprint density at radius 3 is 2.33 bits per heavy atom. The second kappa shape index (κ2) is 6.82. The lowest BCUT2D eigenvalue weighted by atomic mass is 10.1. The third kappa shape index (κ3) is 4.26. The molecule has 0 aliphatic carbocycles. The topological polar surface area (TPSA) is 52.9 Å². The number of benzene rings is 2. The Kier molecular flexibility index (Phi) is 4.85. The molecular weight excluding hydrogens is 335 g/mol. The van der Waals surface area contributed by atoms with Crippen LogP contribution >= 0.6 is 15.9 Å². The van der Waals surface area contributed by atoms with Crippen LogP contribution in [0, 0.1) is 17.1 Å². The zero-order chi connectivity index (χ0) is 15.2. The molecule has 0 saturated heterocycles. The molecule has 104 valence electrons. The zero-order valence-corrected chi connectivity index (χ0v) is 12.4. The third-order valence-electron chi connectivity index (χ3n) is 2.65. The van der Waals surface area contributed by atoms with Gasteiger partial charge in [-0.15, -0.1) is 0 Å². The second-order valence-electron chi connectivity index (χ2n) is 4.18. The van der Waals surface area contributed by atoms with Crippen LogP contribution in [0.25, 0.3) is 6.08 Å². The zero-order valence-electron chi connectivity index (χ0n) is 10.8. The molecule has 1 amide bonds. The Hall–Kier alpha value is -2.45. The molecule has 0 bridgehead atoms. The molecule has 2 rings (SSSR count). The van der Waals surface area contributed by atoms with Gasteiger partial charge in [-0.3, -0.25) is 4.79 Å². The first kappa shape index (κ1) is 14.9. The molecule has 0 spiro atoms. The summed E-state index contributed by atoms with van der Waals surface area (Å²) in [4.78, 5) is 12.0. The number of nitrogens with one attached hydrogen (secondary N) is 1. The van der Waals surface area contributed by atoms with Crippen molar-refractivity contribution in [2.45, 2.75) is 0 Å². The maximum atomic E-state index is 12.8. The molecule has 3 nitrogen and oxygen atoms in total. The van der Waals surface area contributed by atoms with Crippen LogP contribution in [0.1, 0.15) is 5.56 Å². The van der Waals surface area contributed by atoms with Gasteiger partial charge in [-0.25, -0.2) is 4.39 Å². The molecule has 0 saturated carbocycles. The summed E-state index contributed by atoms with van der Waals surface area (Å²) in [6.07, 6.45) is 1.41. The van der Waals surface area contributed by atoms with Gasteiger partial charge in [-0.2, -0.15) is 5.26 Å². The van der Waals surface area contributed by atoms with Crippen molar-refractivity contribution >= 4 is 33.6 Å². The van der Waals surface area contributed by atoms with Gasteiger partial charge in [0.25, 0.3) is 5.91 Å². The molecule has 0 aromatic heterocycles. The number of rotatable bonds is 3. The normalized spacial score (nSPS) is 10.8. The summed E-state index contributed by atoms with van der Waals surface area (Å²) in [5.74, 6) is -0.880. The number of anilines is 1. The molecular formula is C16H10BrFN2O. The van der Waals surface area contributed by atoms with Crippen LogP contribution in [-0.2, 0) is 4.79 Å². The lowest BCUT2D eigenvalue weighted by Crippen LogP contribution is -2.13. The van der Waals surface area contributed by atoms with Crippen LogP contribution in [0.15, 0.2) is 58.6 Å². The Morgan fingerprint density at radius 1 is 1.14 bits per heavy atom. The van der Waals surface area contributed by atoms with Crippen LogP contribution in [0.2, 0.25) is 0 Å². The molecule has 0 fully saturated rings. The monoisotopic (exact) mass is 344 g/mol. The summed E-state index contributed by atoms with van der Waals surface area (Å²) in [7, 11) is 0. The second-order valence-corrected chi connectivity index (χ2v) is 5.10. The summed E-state index contributed by atoms with van der Waals surface area (Å²) in [5.41, 5.74) is 1.12. The molecule has 2 aromatic carbocycles. The Labute approximate surface area is 129 Å². The molecule has 0 aliphatic rings. The Balaban J connectivity index is 2.17. The van der Waals surface area contributed by atoms with Crippen LogP contribution in [0.4, 0.5) is 10.1 Å². The maximum absolute atomic E-state index is 12.8. The number of nitrogens with zero attached hydrogens (tertiary/aromatic N) is 1. The highest BCUT2D eigenvalue weighted by atomic mass is 79.9. The number of amides is 1. The fraction of sp³-hybridized carbons (Fsp3) is 0. The highest BCUT2D eigenvalue weighted by Crippen LogP contribution is 2.15. The van der Waals surface area contributed by atoms with E-state index in [1.165, 1.54) is 30.3 Å². The summed E-state index contributed by atoms with van der Waals surface area (Å²) < 4.78 is 13.7. The van der Waals surface area contributed by atoms with Crippen molar-refractivity contribution in [2.24, 2.45) is 0 Å². The van der Waals surface area contributed by atoms with E-state index >= 15 is 0 Å². The fourth-order valence-corrected chi connectivity index (χ4v) is 1.87. The SMILES string of the molecule is N#C/C(=C/c1ccc(F)cc1)C(=O)Nc1ccc(Br)cc1. The molecule has 21 heavy (non-hydrogen) atoms. The average molecular weight is 345 g/mol. The first-order valence-corrected chi connectivity index (χ1v) is 6.82. The molecule has 1 N–H and O–H groups in total. The summed E-state index contributed by atoms with van der Waals surface area (Å²) in [6, 6.07) is 14.4. The number of carbonyl (C=O) groups is 1. The minimum Gasteiger partial charge on any atom is -0.321 e. The van der Waals surface area contributed by atoms with Gasteiger partial charge in [0.15, 0.2) is 0 Å². The number of hydrogen-bond donors (Lipinski definition) is 1. The summed E-state index contributed by atoms with van der Waals surface area (Å²) >= 11 is 3.30. The minimum absolute atomic E-state index is 0.0514. The van der Waals surface area contributed by atoms with Gasteiger partial charge >= 0.3 is 0 Å². The lowest BCUT2D eigenvalue weighted by molar-refractivity contribution is -0.112. The van der Waals surface area contributed by atoms with Gasteiger partial charge < -0.3 is 5.32 Å². The van der Waals surface area contributed by atoms with Crippen LogP contribution in [0.5, 0.6) is 0 Å². The van der Waals surface area contributed by atoms with Crippen LogP contribution < -0.4 is 5.32 Å². The highest BCUT2D eigenvalue weighted by Gasteiger charge is 2.09. The first-order chi connectivity index (χ1) is 10.1. The van der Waals surface area contributed by atoms with E-state index in [2.05, 4.69) is 21.2 Å². The van der Waals surface area contributed by atoms with Gasteiger partial charge in [-0.1, -0.05) is 28.1 Å². The summed E-state index contributed by atoms with van der Waals surface area (Å²) in [5, 5.41) is 11.7. The maximum Gasteiger partial charge on any atom is 0.266 e. The van der Waals surface area contributed by atoms with E-state index in [1.54, 1.807) is 24.3 Å². The van der Waals surface area contributed by atoms with Crippen molar-refractivity contribution in [3.8, 4) is 6.07 Å². The largest absolute Gasteiger partial charge is 0.321 e. The Morgan fingerprint density at radius 2 is 1.76 bits per heavy atom. The summed E-state index contributed by atoms with van der Waals surface area (Å²) in [6.45, 7) is 0. The highest BCUT2D eigenvalue weighted by molar-refractivity contribution is 9.10. The smallest absolute Gasteiger partial charge is 0.266 e. The van der Waals surface area contributed by atoms with Gasteiger partial charge in [0, 0.05) is 10.2 Å². The van der Waals surface area contributed by atoms with Crippen molar-refractivity contribution in [3.63, 3.8) is 0 Å². The van der Waals surface area contributed by atoms with Crippen molar-refractivity contribution in [1.29, 1.82) is 5.26 Å². The van der Waals surface area contributed by atoms with Crippen molar-refractivity contribution in [2.75, 3.05) is 5.32 Å². The predicted octanol–water partition coefficient (Wildman–Crippen LogP) is 4.13. The van der Waals surface area contributed by atoms with E-state index in [-0.39, 0.29) is 11.4 Å². The van der Waals surface area contributed by atoms with Gasteiger partial charge in [0.1, 0.15) is 17.5 Å². The van der Waals surface area contributed by atoms with E-state index in [9.17, 15) is 9.18 Å². The van der Waals surface area contributed by atoms with Crippen molar-refractivity contribution in [3.05, 3.63) is 70.0 Å². The van der Waals surface area contributed by atoms with Crippen LogP contribution in [-0.4, -0.2) is 5.91 Å². The van der Waals surface area contributed by atoms with E-state index in [0.717, 1.165) is 4.47 Å². The van der Waals surface area contributed by atoms with E-state index in [0.29, 0.717) is 11.3 Å². The quantitative estimate of drug-likeness (QED) is 0.672. The molecule has 0 radical (unpaired) electrons. The van der Waals surface area contributed by atoms with E-state index in [1.807, 2.05) is 6.07 Å². The Bertz CT molecular complexity index is 715. The fourth-order valence-electron chi connectivity index (χ4n) is 1.61. The molecule has 0 unspecified atom stereocenters. The molecule has 5 heteroatoms. The van der Waals surface area contributed by atoms with E-state index < -0.39 is 5.91 Å². The minimum atomic E-state index is -0.510.